The van der Waals surface area contributed by atoms with Crippen molar-refractivity contribution >= 4 is 29.2 Å². The van der Waals surface area contributed by atoms with E-state index in [-0.39, 0.29) is 24.7 Å². The van der Waals surface area contributed by atoms with Crippen molar-refractivity contribution in [2.75, 3.05) is 6.61 Å². The van der Waals surface area contributed by atoms with Gasteiger partial charge in [0, 0.05) is 17.7 Å². The number of nitrogens with zero attached hydrogens (tertiary/aromatic N) is 1. The number of Topliss-reactive ketones (excluding diaryl/α,β-unsaturated/α-hetero) is 1. The molecule has 34 heavy (non-hydrogen) atoms. The van der Waals surface area contributed by atoms with Gasteiger partial charge in [0.25, 0.3) is 0 Å². The van der Waals surface area contributed by atoms with Crippen molar-refractivity contribution in [1.82, 2.24) is 4.98 Å². The number of aliphatic hydroxyl groups excluding tert-OH is 3. The average molecular weight is 494 g/mol. The van der Waals surface area contributed by atoms with Crippen LogP contribution in [0.2, 0.25) is 0 Å². The predicted octanol–water partition coefficient (Wildman–Crippen LogP) is 3.85. The minimum atomic E-state index is -1.27. The first-order chi connectivity index (χ1) is 16.0. The van der Waals surface area contributed by atoms with E-state index in [4.69, 9.17) is 4.74 Å². The molecule has 2 heterocycles. The molecule has 0 saturated carbocycles. The maximum Gasteiger partial charge on any atom is 0.309 e. The highest BCUT2D eigenvalue weighted by atomic mass is 32.1. The van der Waals surface area contributed by atoms with E-state index in [0.29, 0.717) is 17.7 Å². The Morgan fingerprint density at radius 1 is 1.26 bits per heavy atom. The van der Waals surface area contributed by atoms with Crippen molar-refractivity contribution in [3.05, 3.63) is 33.8 Å². The van der Waals surface area contributed by atoms with Gasteiger partial charge >= 0.3 is 5.97 Å². The van der Waals surface area contributed by atoms with E-state index in [1.54, 1.807) is 26.8 Å². The summed E-state index contributed by atoms with van der Waals surface area (Å²) in [5.41, 5.74) is -0.0361. The summed E-state index contributed by atoms with van der Waals surface area (Å²) in [5, 5.41) is 34.2. The summed E-state index contributed by atoms with van der Waals surface area (Å²) >= 11 is 1.49. The molecule has 1 aromatic heterocycles. The number of esters is 1. The number of aliphatic hydroxyl groups is 3. The number of carbonyl (C=O) groups excluding carboxylic acids is 2. The first-order valence-electron chi connectivity index (χ1n) is 12.0. The molecule has 2 rings (SSSR count). The number of aromatic nitrogens is 1. The van der Waals surface area contributed by atoms with E-state index in [9.17, 15) is 24.9 Å². The molecule has 3 N–H and O–H groups in total. The summed E-state index contributed by atoms with van der Waals surface area (Å²) in [5.74, 6) is -1.69. The molecule has 0 aromatic carbocycles. The van der Waals surface area contributed by atoms with E-state index >= 15 is 0 Å². The number of carbonyl (C=O) groups is 2. The zero-order valence-corrected chi connectivity index (χ0v) is 21.7. The second-order valence-corrected chi connectivity index (χ2v) is 10.9. The highest BCUT2D eigenvalue weighted by molar-refractivity contribution is 7.09. The molecular weight excluding hydrogens is 454 g/mol. The zero-order valence-electron chi connectivity index (χ0n) is 20.9. The molecule has 1 aliphatic heterocycles. The number of allylic oxidation sites excluding steroid dienone is 1. The van der Waals surface area contributed by atoms with E-state index < -0.39 is 35.6 Å². The fraction of sp³-hybridized carbons (Fsp3) is 0.654. The van der Waals surface area contributed by atoms with E-state index in [2.05, 4.69) is 4.98 Å². The lowest BCUT2D eigenvalue weighted by atomic mass is 9.73. The maximum absolute atomic E-state index is 13.1. The SMILES string of the molecule is Cc1nc(C=C(CO)C2CC=CCCCC(C)C(O)C(C)C(=O)C(C)(C)C(O)CC(=O)O2)cs1. The molecule has 0 bridgehead atoms. The highest BCUT2D eigenvalue weighted by Crippen LogP contribution is 2.32. The second kappa shape index (κ2) is 12.7. The number of thiazole rings is 1. The molecule has 8 heteroatoms. The van der Waals surface area contributed by atoms with Crippen molar-refractivity contribution in [3.8, 4) is 0 Å². The Kier molecular flexibility index (Phi) is 10.6. The Hall–Kier alpha value is -1.87. The molecule has 7 nitrogen and oxygen atoms in total. The average Bonchev–Trinajstić information content (AvgIpc) is 3.20. The predicted molar refractivity (Wildman–Crippen MR) is 133 cm³/mol. The van der Waals surface area contributed by atoms with Crippen molar-refractivity contribution in [1.29, 1.82) is 0 Å². The number of cyclic esters (lactones) is 1. The molecule has 0 radical (unpaired) electrons. The maximum atomic E-state index is 13.1. The van der Waals surface area contributed by atoms with Crippen LogP contribution in [0.1, 0.15) is 70.5 Å². The number of rotatable bonds is 3. The zero-order chi connectivity index (χ0) is 25.5. The van der Waals surface area contributed by atoms with Gasteiger partial charge in [-0.25, -0.2) is 4.98 Å². The van der Waals surface area contributed by atoms with E-state index in [1.807, 2.05) is 31.4 Å². The third-order valence-corrected chi connectivity index (χ3v) is 7.52. The molecule has 5 unspecified atom stereocenters. The van der Waals surface area contributed by atoms with Crippen LogP contribution in [0.15, 0.2) is 23.1 Å². The van der Waals surface area contributed by atoms with E-state index in [1.165, 1.54) is 11.3 Å². The van der Waals surface area contributed by atoms with Crippen LogP contribution < -0.4 is 0 Å². The molecular formula is C26H39NO6S. The van der Waals surface area contributed by atoms with Gasteiger partial charge in [-0.3, -0.25) is 9.59 Å². The summed E-state index contributed by atoms with van der Waals surface area (Å²) in [6.07, 6.45) is 5.23. The van der Waals surface area contributed by atoms with Crippen LogP contribution in [-0.2, 0) is 14.3 Å². The summed E-state index contributed by atoms with van der Waals surface area (Å²) in [4.78, 5) is 30.3. The largest absolute Gasteiger partial charge is 0.457 e. The Labute approximate surface area is 206 Å². The van der Waals surface area contributed by atoms with Gasteiger partial charge in [0.15, 0.2) is 0 Å². The highest BCUT2D eigenvalue weighted by Gasteiger charge is 2.42. The summed E-state index contributed by atoms with van der Waals surface area (Å²) in [7, 11) is 0. The van der Waals surface area contributed by atoms with Gasteiger partial charge in [-0.15, -0.1) is 11.3 Å². The van der Waals surface area contributed by atoms with Crippen LogP contribution in [-0.4, -0.2) is 57.0 Å². The van der Waals surface area contributed by atoms with Gasteiger partial charge < -0.3 is 20.1 Å². The quantitative estimate of drug-likeness (QED) is 0.432. The van der Waals surface area contributed by atoms with Crippen molar-refractivity contribution in [2.45, 2.75) is 85.0 Å². The first-order valence-corrected chi connectivity index (χ1v) is 12.8. The Morgan fingerprint density at radius 3 is 2.59 bits per heavy atom. The van der Waals surface area contributed by atoms with Gasteiger partial charge in [0.2, 0.25) is 0 Å². The normalized spacial score (nSPS) is 30.2. The van der Waals surface area contributed by atoms with E-state index in [0.717, 1.165) is 24.3 Å². The third-order valence-electron chi connectivity index (χ3n) is 6.72. The Balaban J connectivity index is 2.32. The second-order valence-electron chi connectivity index (χ2n) is 9.85. The Bertz CT molecular complexity index is 890. The molecule has 0 saturated heterocycles. The molecule has 190 valence electrons. The van der Waals surface area contributed by atoms with Gasteiger partial charge in [0.05, 0.1) is 41.4 Å². The number of hydrogen-bond acceptors (Lipinski definition) is 8. The van der Waals surface area contributed by atoms with Crippen LogP contribution in [0.4, 0.5) is 0 Å². The topological polar surface area (TPSA) is 117 Å². The minimum Gasteiger partial charge on any atom is -0.457 e. The number of ketones is 1. The first kappa shape index (κ1) is 28.4. The fourth-order valence-electron chi connectivity index (χ4n) is 4.24. The van der Waals surface area contributed by atoms with Crippen LogP contribution in [0.5, 0.6) is 0 Å². The summed E-state index contributed by atoms with van der Waals surface area (Å²) in [6.45, 7) is 8.37. The van der Waals surface area contributed by atoms with Crippen molar-refractivity contribution < 1.29 is 29.6 Å². The minimum absolute atomic E-state index is 0.0728. The van der Waals surface area contributed by atoms with Crippen molar-refractivity contribution in [3.63, 3.8) is 0 Å². The lowest BCUT2D eigenvalue weighted by molar-refractivity contribution is -0.154. The number of hydrogen-bond donors (Lipinski definition) is 3. The van der Waals surface area contributed by atoms with Crippen LogP contribution in [0.3, 0.4) is 0 Å². The van der Waals surface area contributed by atoms with Gasteiger partial charge in [-0.2, -0.15) is 0 Å². The number of aryl methyl sites for hydroxylation is 1. The lowest BCUT2D eigenvalue weighted by Gasteiger charge is -2.34. The molecule has 1 aliphatic rings. The van der Waals surface area contributed by atoms with Crippen molar-refractivity contribution in [2.24, 2.45) is 17.3 Å². The molecule has 0 fully saturated rings. The standard InChI is InChI=1S/C26H39NO6S/c1-16-10-8-6-7-9-11-21(19(14-28)12-20-15-34-18(3)27-20)33-23(30)13-22(29)26(4,5)25(32)17(2)24(16)31/h7,9,12,15-17,21-22,24,28-29,31H,6,8,10-11,13-14H2,1-5H3. The monoisotopic (exact) mass is 493 g/mol. The van der Waals surface area contributed by atoms with Crippen LogP contribution in [0, 0.1) is 24.2 Å². The van der Waals surface area contributed by atoms with Gasteiger partial charge in [-0.05, 0) is 43.8 Å². The van der Waals surface area contributed by atoms with Gasteiger partial charge in [0.1, 0.15) is 11.9 Å². The molecule has 0 spiro atoms. The Morgan fingerprint density at radius 2 is 1.97 bits per heavy atom. The third kappa shape index (κ3) is 7.57. The molecule has 0 aliphatic carbocycles. The molecule has 5 atom stereocenters. The van der Waals surface area contributed by atoms with Crippen LogP contribution >= 0.6 is 11.3 Å². The van der Waals surface area contributed by atoms with Gasteiger partial charge in [-0.1, -0.05) is 39.8 Å². The summed E-state index contributed by atoms with van der Waals surface area (Å²) in [6, 6.07) is 0. The lowest BCUT2D eigenvalue weighted by Crippen LogP contribution is -2.45. The smallest absolute Gasteiger partial charge is 0.309 e. The molecule has 1 aromatic rings. The molecule has 0 amide bonds. The summed E-state index contributed by atoms with van der Waals surface area (Å²) < 4.78 is 5.68. The number of ether oxygens (including phenoxy) is 1. The fourth-order valence-corrected chi connectivity index (χ4v) is 4.81. The van der Waals surface area contributed by atoms with Crippen LogP contribution in [0.25, 0.3) is 6.08 Å².